The second-order valence-electron chi connectivity index (χ2n) is 8.36. The normalized spacial score (nSPS) is 17.0. The highest BCUT2D eigenvalue weighted by Gasteiger charge is 2.36. The number of benzene rings is 1. The first kappa shape index (κ1) is 20.7. The molecule has 0 unspecified atom stereocenters. The lowest BCUT2D eigenvalue weighted by atomic mass is 10.1. The van der Waals surface area contributed by atoms with Gasteiger partial charge in [0, 0.05) is 56.7 Å². The number of nitrogens with zero attached hydrogens (tertiary/aromatic N) is 2. The van der Waals surface area contributed by atoms with E-state index in [9.17, 15) is 9.59 Å². The third kappa shape index (κ3) is 4.43. The van der Waals surface area contributed by atoms with E-state index in [0.29, 0.717) is 31.9 Å². The Labute approximate surface area is 178 Å². The second-order valence-corrected chi connectivity index (χ2v) is 8.36. The van der Waals surface area contributed by atoms with Crippen LogP contribution in [-0.2, 0) is 16.6 Å². The number of hydrogen-bond acceptors (Lipinski definition) is 3. The molecule has 1 aliphatic heterocycles. The van der Waals surface area contributed by atoms with E-state index in [1.807, 2.05) is 55.3 Å². The van der Waals surface area contributed by atoms with Gasteiger partial charge in [-0.25, -0.2) is 0 Å². The van der Waals surface area contributed by atoms with Gasteiger partial charge in [-0.3, -0.25) is 9.59 Å². The minimum Gasteiger partial charge on any atom is -0.381 e. The molecular weight excluding hydrogens is 378 g/mol. The Morgan fingerprint density at radius 3 is 2.50 bits per heavy atom. The van der Waals surface area contributed by atoms with Gasteiger partial charge in [-0.15, -0.1) is 0 Å². The molecule has 6 heteroatoms. The average molecular weight is 410 g/mol. The SMILES string of the molecule is Cc1c(C(=O)NCCN(C(=O)C2CC2)C2CCOCC2)cc(-c2ccccc2)n1C. The van der Waals surface area contributed by atoms with Gasteiger partial charge in [-0.2, -0.15) is 0 Å². The Bertz CT molecular complexity index is 896. The largest absolute Gasteiger partial charge is 0.381 e. The lowest BCUT2D eigenvalue weighted by Crippen LogP contribution is -2.47. The van der Waals surface area contributed by atoms with E-state index in [1.165, 1.54) is 0 Å². The van der Waals surface area contributed by atoms with Crippen LogP contribution in [0.15, 0.2) is 36.4 Å². The van der Waals surface area contributed by atoms with E-state index in [4.69, 9.17) is 4.74 Å². The summed E-state index contributed by atoms with van der Waals surface area (Å²) in [6.07, 6.45) is 3.75. The molecule has 6 nitrogen and oxygen atoms in total. The Morgan fingerprint density at radius 2 is 1.83 bits per heavy atom. The van der Waals surface area contributed by atoms with Gasteiger partial charge >= 0.3 is 0 Å². The summed E-state index contributed by atoms with van der Waals surface area (Å²) < 4.78 is 7.51. The molecule has 160 valence electrons. The summed E-state index contributed by atoms with van der Waals surface area (Å²) in [7, 11) is 1.98. The first-order valence-electron chi connectivity index (χ1n) is 10.9. The maximum atomic E-state index is 12.9. The van der Waals surface area contributed by atoms with Gasteiger partial charge in [0.25, 0.3) is 5.91 Å². The Balaban J connectivity index is 1.40. The van der Waals surface area contributed by atoms with Crippen molar-refractivity contribution in [2.75, 3.05) is 26.3 Å². The number of carbonyl (C=O) groups excluding carboxylic acids is 2. The quantitative estimate of drug-likeness (QED) is 0.764. The van der Waals surface area contributed by atoms with E-state index in [1.54, 1.807) is 0 Å². The molecule has 1 aromatic heterocycles. The highest BCUT2D eigenvalue weighted by Crippen LogP contribution is 2.32. The molecule has 2 fully saturated rings. The van der Waals surface area contributed by atoms with Crippen molar-refractivity contribution in [1.82, 2.24) is 14.8 Å². The smallest absolute Gasteiger partial charge is 0.253 e. The number of hydrogen-bond donors (Lipinski definition) is 1. The van der Waals surface area contributed by atoms with Crippen LogP contribution in [0.5, 0.6) is 0 Å². The highest BCUT2D eigenvalue weighted by molar-refractivity contribution is 5.97. The first-order valence-corrected chi connectivity index (χ1v) is 10.9. The topological polar surface area (TPSA) is 63.6 Å². The molecule has 2 aromatic rings. The van der Waals surface area contributed by atoms with E-state index in [-0.39, 0.29) is 23.8 Å². The summed E-state index contributed by atoms with van der Waals surface area (Å²) in [5, 5.41) is 3.04. The maximum Gasteiger partial charge on any atom is 0.253 e. The summed E-state index contributed by atoms with van der Waals surface area (Å²) >= 11 is 0. The fraction of sp³-hybridized carbons (Fsp3) is 0.500. The van der Waals surface area contributed by atoms with Crippen LogP contribution in [-0.4, -0.2) is 53.6 Å². The zero-order valence-electron chi connectivity index (χ0n) is 17.9. The molecule has 1 aromatic carbocycles. The summed E-state index contributed by atoms with van der Waals surface area (Å²) in [6.45, 7) is 4.40. The summed E-state index contributed by atoms with van der Waals surface area (Å²) in [4.78, 5) is 27.7. The fourth-order valence-corrected chi connectivity index (χ4v) is 4.23. The van der Waals surface area contributed by atoms with Gasteiger partial charge < -0.3 is 19.5 Å². The van der Waals surface area contributed by atoms with Crippen molar-refractivity contribution in [3.05, 3.63) is 47.7 Å². The van der Waals surface area contributed by atoms with Gasteiger partial charge in [0.2, 0.25) is 5.91 Å². The fourth-order valence-electron chi connectivity index (χ4n) is 4.23. The third-order valence-electron chi connectivity index (χ3n) is 6.33. The van der Waals surface area contributed by atoms with Crippen molar-refractivity contribution >= 4 is 11.8 Å². The zero-order valence-corrected chi connectivity index (χ0v) is 17.9. The number of aromatic nitrogens is 1. The minimum atomic E-state index is -0.0870. The van der Waals surface area contributed by atoms with Crippen molar-refractivity contribution < 1.29 is 14.3 Å². The van der Waals surface area contributed by atoms with Gasteiger partial charge in [0.1, 0.15) is 0 Å². The number of ether oxygens (including phenoxy) is 1. The molecule has 1 N–H and O–H groups in total. The van der Waals surface area contributed by atoms with Crippen molar-refractivity contribution in [3.63, 3.8) is 0 Å². The molecule has 2 amide bonds. The molecule has 0 bridgehead atoms. The number of amides is 2. The van der Waals surface area contributed by atoms with E-state index in [0.717, 1.165) is 42.6 Å². The van der Waals surface area contributed by atoms with Gasteiger partial charge in [-0.05, 0) is 44.2 Å². The third-order valence-corrected chi connectivity index (χ3v) is 6.33. The molecule has 2 aliphatic rings. The van der Waals surface area contributed by atoms with Crippen molar-refractivity contribution in [2.45, 2.75) is 38.6 Å². The van der Waals surface area contributed by atoms with Crippen molar-refractivity contribution in [1.29, 1.82) is 0 Å². The Hall–Kier alpha value is -2.60. The minimum absolute atomic E-state index is 0.0870. The van der Waals surface area contributed by atoms with Crippen LogP contribution >= 0.6 is 0 Å². The molecule has 30 heavy (non-hydrogen) atoms. The van der Waals surface area contributed by atoms with Crippen LogP contribution in [0, 0.1) is 12.8 Å². The maximum absolute atomic E-state index is 12.9. The molecular formula is C24H31N3O3. The van der Waals surface area contributed by atoms with Crippen LogP contribution in [0.3, 0.4) is 0 Å². The molecule has 0 atom stereocenters. The lowest BCUT2D eigenvalue weighted by molar-refractivity contribution is -0.136. The van der Waals surface area contributed by atoms with Crippen LogP contribution in [0.2, 0.25) is 0 Å². The zero-order chi connectivity index (χ0) is 21.1. The summed E-state index contributed by atoms with van der Waals surface area (Å²) in [5.74, 6) is 0.350. The van der Waals surface area contributed by atoms with E-state index in [2.05, 4.69) is 9.88 Å². The van der Waals surface area contributed by atoms with Crippen LogP contribution in [0.1, 0.15) is 41.7 Å². The van der Waals surface area contributed by atoms with Crippen LogP contribution < -0.4 is 5.32 Å². The average Bonchev–Trinajstić information content (AvgIpc) is 3.58. The first-order chi connectivity index (χ1) is 14.6. The number of rotatable bonds is 7. The predicted octanol–water partition coefficient (Wildman–Crippen LogP) is 3.15. The van der Waals surface area contributed by atoms with Crippen molar-refractivity contribution in [3.8, 4) is 11.3 Å². The van der Waals surface area contributed by atoms with Crippen LogP contribution in [0.4, 0.5) is 0 Å². The summed E-state index contributed by atoms with van der Waals surface area (Å²) in [6, 6.07) is 12.3. The van der Waals surface area contributed by atoms with E-state index < -0.39 is 0 Å². The van der Waals surface area contributed by atoms with Crippen molar-refractivity contribution in [2.24, 2.45) is 13.0 Å². The molecule has 1 saturated carbocycles. The van der Waals surface area contributed by atoms with E-state index >= 15 is 0 Å². The molecule has 2 heterocycles. The second kappa shape index (κ2) is 9.04. The number of nitrogens with one attached hydrogen (secondary N) is 1. The molecule has 4 rings (SSSR count). The van der Waals surface area contributed by atoms with Gasteiger partial charge in [-0.1, -0.05) is 30.3 Å². The van der Waals surface area contributed by atoms with Gasteiger partial charge in [0.15, 0.2) is 0 Å². The molecule has 1 aliphatic carbocycles. The molecule has 0 spiro atoms. The van der Waals surface area contributed by atoms with Crippen LogP contribution in [0.25, 0.3) is 11.3 Å². The lowest BCUT2D eigenvalue weighted by Gasteiger charge is -2.34. The highest BCUT2D eigenvalue weighted by atomic mass is 16.5. The molecule has 1 saturated heterocycles. The monoisotopic (exact) mass is 409 g/mol. The predicted molar refractivity (Wildman–Crippen MR) is 116 cm³/mol. The standard InChI is InChI=1S/C24H31N3O3/c1-17-21(16-22(26(17)2)18-6-4-3-5-7-18)23(28)25-12-13-27(24(29)19-8-9-19)20-10-14-30-15-11-20/h3-7,16,19-20H,8-15H2,1-2H3,(H,25,28). The number of carbonyl (C=O) groups is 2. The van der Waals surface area contributed by atoms with Gasteiger partial charge in [0.05, 0.1) is 5.56 Å². The Morgan fingerprint density at radius 1 is 1.13 bits per heavy atom. The summed E-state index contributed by atoms with van der Waals surface area (Å²) in [5.41, 5.74) is 3.72. The molecule has 0 radical (unpaired) electrons. The Kier molecular flexibility index (Phi) is 6.23.